The van der Waals surface area contributed by atoms with Crippen LogP contribution in [0.4, 0.5) is 0 Å². The minimum absolute atomic E-state index is 0.0595. The van der Waals surface area contributed by atoms with Crippen molar-refractivity contribution in [3.63, 3.8) is 0 Å². The van der Waals surface area contributed by atoms with E-state index in [1.165, 1.54) is 77.6 Å². The number of aromatic nitrogens is 3. The number of hydrogen-bond acceptors (Lipinski definition) is 25. The number of carbonyl (C=O) groups is 17. The highest BCUT2D eigenvalue weighted by Gasteiger charge is 2.40. The Kier molecular flexibility index (Phi) is 41.4. The van der Waals surface area contributed by atoms with Crippen LogP contribution in [0.15, 0.2) is 67.3 Å². The summed E-state index contributed by atoms with van der Waals surface area (Å²) in [6, 6.07) is -11.5. The predicted molar refractivity (Wildman–Crippen MR) is 435 cm³/mol. The lowest BCUT2D eigenvalue weighted by atomic mass is 9.97. The van der Waals surface area contributed by atoms with Crippen LogP contribution in [0.25, 0.3) is 10.9 Å². The van der Waals surface area contributed by atoms with Crippen molar-refractivity contribution in [1.82, 2.24) is 94.7 Å². The van der Waals surface area contributed by atoms with Gasteiger partial charge in [-0.25, -0.2) is 9.78 Å². The standard InChI is InChI=1S/C78H118N20O24/c1-13-37(6)60(95-71(114)51(89-64(107)38(7)80)26-44-21-23-47(103)24-22-44)73(116)83-32-56(104)87-54(29-57(105)106)70(113)88-50(20-16-17-25-79)67(110)93-58(35(2)3)74(117)91-53(28-46-31-81-34-84-46)69(112)92-55(33-99)72(115)90-52(27-45-30-82-49-19-15-14-18-48(45)49)68(111)85-39(8)65(108)97-63(43(12)102)77(120)98-61(41(10)100)75(118)86-40(9)66(109)96-62(42(11)101)76(119)94-59(36(4)5)78(121)122/h14-15,18-19,21-24,30-31,34-43,50-55,58-63,82,99-103H,13,16-17,20,25-29,32-33,79-80H2,1-12H3,(H,81,84)(H,83,116)(H,85,111)(H,86,118)(H,87,104)(H,88,113)(H,89,107)(H,90,115)(H,91,117)(H,92,112)(H,93,110)(H,94,119)(H,95,114)(H,96,109)(H,97,108)(H,98,120)(H,105,106)(H,121,122)/t37-,38-,39-,40-,41+,42+,43+,50-,51-,52-,53-,54-,55-,58-,59-,60-,61-,62-,63-/m0/s1. The van der Waals surface area contributed by atoms with E-state index in [4.69, 9.17) is 11.5 Å². The number of nitrogens with zero attached hydrogens (tertiary/aromatic N) is 1. The number of carboxylic acids is 2. The maximum absolute atomic E-state index is 14.6. The van der Waals surface area contributed by atoms with Crippen LogP contribution in [0.3, 0.4) is 0 Å². The van der Waals surface area contributed by atoms with Crippen LogP contribution in [-0.4, -0.2) is 280 Å². The molecular weight excluding hydrogens is 1600 g/mol. The highest BCUT2D eigenvalue weighted by molar-refractivity contribution is 6.01. The number of hydrogen-bond donors (Lipinski definition) is 26. The number of aliphatic hydroxyl groups is 4. The van der Waals surface area contributed by atoms with Crippen molar-refractivity contribution < 1.29 is 117 Å². The number of phenolic OH excluding ortho intramolecular Hbond substituents is 1. The molecule has 0 saturated carbocycles. The van der Waals surface area contributed by atoms with Crippen LogP contribution in [0.2, 0.25) is 0 Å². The fourth-order valence-corrected chi connectivity index (χ4v) is 12.1. The molecule has 44 nitrogen and oxygen atoms in total. The number of para-hydroxylation sites is 1. The molecule has 2 aromatic carbocycles. The number of aliphatic carboxylic acids is 2. The molecule has 0 spiro atoms. The van der Waals surface area contributed by atoms with Gasteiger partial charge in [-0.3, -0.25) is 76.7 Å². The molecule has 0 bridgehead atoms. The van der Waals surface area contributed by atoms with E-state index >= 15 is 0 Å². The number of nitrogens with one attached hydrogen (secondary N) is 17. The Hall–Kier alpha value is -12.3. The van der Waals surface area contributed by atoms with Gasteiger partial charge in [0.25, 0.3) is 0 Å². The molecule has 15 amide bonds. The zero-order valence-corrected chi connectivity index (χ0v) is 69.9. The Morgan fingerprint density at radius 1 is 0.451 bits per heavy atom. The van der Waals surface area contributed by atoms with Gasteiger partial charge in [0.05, 0.1) is 50.3 Å². The highest BCUT2D eigenvalue weighted by atomic mass is 16.4. The lowest BCUT2D eigenvalue weighted by molar-refractivity contribution is -0.144. The fourth-order valence-electron chi connectivity index (χ4n) is 12.1. The summed E-state index contributed by atoms with van der Waals surface area (Å²) >= 11 is 0. The number of nitrogens with two attached hydrogens (primary N) is 2. The third-order valence-corrected chi connectivity index (χ3v) is 19.6. The summed E-state index contributed by atoms with van der Waals surface area (Å²) < 4.78 is 0. The van der Waals surface area contributed by atoms with Gasteiger partial charge in [0.1, 0.15) is 90.3 Å². The summed E-state index contributed by atoms with van der Waals surface area (Å²) in [4.78, 5) is 242. The van der Waals surface area contributed by atoms with Crippen molar-refractivity contribution in [2.45, 2.75) is 243 Å². The SMILES string of the molecule is CC[C@H](C)[C@H](NC(=O)[C@H](Cc1ccc(O)cc1)NC(=O)[C@H](C)N)C(=O)NCC(=O)N[C@@H](CC(=O)O)C(=O)N[C@@H](CCCCN)C(=O)N[C@H](C(=O)N[C@@H](Cc1cnc[nH]1)C(=O)N[C@@H](CO)C(=O)N[C@@H](Cc1c[nH]c2ccccc12)C(=O)N[C@@H](C)C(=O)N[C@H](C(=O)N[C@H](C(=O)N[C@@H](C)C(=O)N[C@H](C(=O)N[C@H](C(=O)O)C(C)C)[C@@H](C)O)[C@@H](C)O)[C@@H](C)O)C(C)C. The van der Waals surface area contributed by atoms with Gasteiger partial charge in [-0.05, 0) is 114 Å². The van der Waals surface area contributed by atoms with Crippen LogP contribution in [0.1, 0.15) is 132 Å². The minimum Gasteiger partial charge on any atom is -0.508 e. The Morgan fingerprint density at radius 2 is 0.893 bits per heavy atom. The minimum atomic E-state index is -1.94. The monoisotopic (exact) mass is 1720 g/mol. The van der Waals surface area contributed by atoms with E-state index in [9.17, 15) is 117 Å². The quantitative estimate of drug-likeness (QED) is 0.0183. The molecule has 2 heterocycles. The number of rotatable bonds is 51. The van der Waals surface area contributed by atoms with Crippen molar-refractivity contribution in [2.75, 3.05) is 19.7 Å². The van der Waals surface area contributed by atoms with Gasteiger partial charge in [0, 0.05) is 48.3 Å². The topological polar surface area (TPSA) is 709 Å². The Bertz CT molecular complexity index is 4250. The Balaban J connectivity index is 1.52. The Morgan fingerprint density at radius 3 is 1.41 bits per heavy atom. The number of aliphatic hydroxyl groups excluding tert-OH is 4. The highest BCUT2D eigenvalue weighted by Crippen LogP contribution is 2.21. The first kappa shape index (κ1) is 102. The number of aromatic hydroxyl groups is 1. The molecule has 674 valence electrons. The molecule has 0 saturated heterocycles. The van der Waals surface area contributed by atoms with E-state index < -0.39 is 253 Å². The van der Waals surface area contributed by atoms with Gasteiger partial charge in [-0.2, -0.15) is 0 Å². The summed E-state index contributed by atoms with van der Waals surface area (Å²) in [6.07, 6.45) is -2.30. The molecule has 0 radical (unpaired) electrons. The third-order valence-electron chi connectivity index (χ3n) is 19.6. The van der Waals surface area contributed by atoms with Crippen LogP contribution in [-0.2, 0) is 101 Å². The molecule has 0 aliphatic carbocycles. The van der Waals surface area contributed by atoms with Crippen LogP contribution >= 0.6 is 0 Å². The number of aromatic amines is 2. The predicted octanol–water partition coefficient (Wildman–Crippen LogP) is -6.90. The van der Waals surface area contributed by atoms with Crippen molar-refractivity contribution in [3.8, 4) is 5.75 Å². The number of amides is 15. The molecule has 19 atom stereocenters. The maximum Gasteiger partial charge on any atom is 0.326 e. The van der Waals surface area contributed by atoms with E-state index in [1.54, 1.807) is 38.1 Å². The van der Waals surface area contributed by atoms with Crippen LogP contribution in [0, 0.1) is 17.8 Å². The number of benzene rings is 2. The van der Waals surface area contributed by atoms with E-state index in [0.29, 0.717) is 34.9 Å². The molecule has 0 unspecified atom stereocenters. The molecule has 0 fully saturated rings. The van der Waals surface area contributed by atoms with Crippen molar-refractivity contribution in [3.05, 3.63) is 84.1 Å². The van der Waals surface area contributed by atoms with Gasteiger partial charge >= 0.3 is 11.9 Å². The summed E-state index contributed by atoms with van der Waals surface area (Å²) in [5, 5.41) is 108. The molecule has 28 N–H and O–H groups in total. The second-order valence-electron chi connectivity index (χ2n) is 30.5. The lowest BCUT2D eigenvalue weighted by Crippen LogP contribution is -2.63. The molecular formula is C78H118N20O24. The van der Waals surface area contributed by atoms with Crippen molar-refractivity contribution >= 4 is 111 Å². The number of fused-ring (bicyclic) bond motifs is 1. The maximum atomic E-state index is 14.6. The van der Waals surface area contributed by atoms with Gasteiger partial charge in [0.15, 0.2) is 0 Å². The first-order chi connectivity index (χ1) is 57.3. The average molecular weight is 1720 g/mol. The molecule has 0 aliphatic heterocycles. The number of phenols is 1. The molecule has 122 heavy (non-hydrogen) atoms. The Labute approximate surface area is 702 Å². The fraction of sp³-hybridized carbons (Fsp3) is 0.564. The molecule has 0 aliphatic rings. The number of imidazole rings is 1. The van der Waals surface area contributed by atoms with E-state index in [0.717, 1.165) is 34.6 Å². The largest absolute Gasteiger partial charge is 0.508 e. The van der Waals surface area contributed by atoms with E-state index in [1.807, 2.05) is 0 Å². The first-order valence-corrected chi connectivity index (χ1v) is 39.7. The normalized spacial score (nSPS) is 16.0. The second-order valence-corrected chi connectivity index (χ2v) is 30.5. The molecule has 4 aromatic rings. The van der Waals surface area contributed by atoms with Crippen LogP contribution in [0.5, 0.6) is 5.75 Å². The zero-order valence-electron chi connectivity index (χ0n) is 69.9. The summed E-state index contributed by atoms with van der Waals surface area (Å²) in [5.74, 6) is -21.0. The summed E-state index contributed by atoms with van der Waals surface area (Å²) in [7, 11) is 0. The summed E-state index contributed by atoms with van der Waals surface area (Å²) in [6.45, 7) is 14.4. The second kappa shape index (κ2) is 49.5. The first-order valence-electron chi connectivity index (χ1n) is 39.7. The average Bonchev–Trinajstić information content (AvgIpc) is 1.63. The van der Waals surface area contributed by atoms with Gasteiger partial charge in [0.2, 0.25) is 88.6 Å². The third kappa shape index (κ3) is 32.4. The molecule has 44 heteroatoms. The van der Waals surface area contributed by atoms with Crippen molar-refractivity contribution in [1.29, 1.82) is 0 Å². The van der Waals surface area contributed by atoms with Gasteiger partial charge in [-0.15, -0.1) is 0 Å². The molecule has 2 aromatic heterocycles. The van der Waals surface area contributed by atoms with E-state index in [-0.39, 0.29) is 43.7 Å². The lowest BCUT2D eigenvalue weighted by Gasteiger charge is -2.29. The molecule has 4 rings (SSSR count). The van der Waals surface area contributed by atoms with Crippen LogP contribution < -0.4 is 91.2 Å². The number of carbonyl (C=O) groups excluding carboxylic acids is 15. The van der Waals surface area contributed by atoms with Gasteiger partial charge < -0.3 is 137 Å². The van der Waals surface area contributed by atoms with Crippen molar-refractivity contribution in [2.24, 2.45) is 29.2 Å². The number of unbranched alkanes of at least 4 members (excludes halogenated alkanes) is 1. The number of carboxylic acid groups (broad SMARTS) is 2. The smallest absolute Gasteiger partial charge is 0.326 e. The summed E-state index contributed by atoms with van der Waals surface area (Å²) in [5.41, 5.74) is 13.3. The van der Waals surface area contributed by atoms with Gasteiger partial charge in [-0.1, -0.05) is 78.3 Å². The van der Waals surface area contributed by atoms with E-state index in [2.05, 4.69) is 94.7 Å². The number of H-pyrrole nitrogens is 2. The zero-order chi connectivity index (χ0) is 91.7.